The molecule has 2 aromatic carbocycles. The smallest absolute Gasteiger partial charge is 0.410 e. The number of aromatic nitrogens is 10. The van der Waals surface area contributed by atoms with Crippen LogP contribution in [0.4, 0.5) is 27.2 Å². The second-order valence-electron chi connectivity index (χ2n) is 21.6. The molecule has 8 aromatic rings. The van der Waals surface area contributed by atoms with Gasteiger partial charge >= 0.3 is 12.2 Å². The second kappa shape index (κ2) is 28.3. The lowest BCUT2D eigenvalue weighted by atomic mass is 10.1. The van der Waals surface area contributed by atoms with E-state index in [9.17, 15) is 32.3 Å². The Morgan fingerprint density at radius 3 is 1.49 bits per heavy atom. The number of amides is 2. The number of nitrogens with zero attached hydrogens (tertiary/aromatic N) is 12. The van der Waals surface area contributed by atoms with Crippen LogP contribution in [-0.2, 0) is 27.3 Å². The Morgan fingerprint density at radius 2 is 1.07 bits per heavy atom. The standard InChI is InChI=1S/C27H28F2N6O4.C17H10ClF2N5O.C10H19NO3.C4H8O/c1-27(2,3)39-26(36)34-11-8-18(9-12-34)38-25-20(29)15-30-24(31-25)22-14-23(21-10-13-37-33-21)35(32-22)16-17-6-4-5-7-19(17)28;18-16-12(20)8-21-17(22-16)14-7-15(13-5-6-26-24-13)25(23-14)9-10-3-1-2-4-11(10)19;1-10(2,3)14-9(13)11-6-4-8(12)5-7-11;1-2-4-5-3-1/h4-7,10,13-15,18H,8-9,11-12,16H2,1-3H3;1-8H,9H2;8,12H,4-7H2,1-3H3;1-4H2. The molecule has 6 aromatic heterocycles. The highest BCUT2D eigenvalue weighted by Gasteiger charge is 2.30. The van der Waals surface area contributed by atoms with Gasteiger partial charge in [-0.05, 0) is 91.5 Å². The predicted octanol–water partition coefficient (Wildman–Crippen LogP) is 11.2. The van der Waals surface area contributed by atoms with Crippen molar-refractivity contribution >= 4 is 23.8 Å². The lowest BCUT2D eigenvalue weighted by Crippen LogP contribution is -2.44. The van der Waals surface area contributed by atoms with Gasteiger partial charge in [0.05, 0.1) is 43.0 Å². The minimum atomic E-state index is -0.724. The van der Waals surface area contributed by atoms with E-state index in [4.69, 9.17) is 39.6 Å². The monoisotopic (exact) mass is 1180 g/mol. The van der Waals surface area contributed by atoms with E-state index in [1.165, 1.54) is 37.5 Å². The fraction of sp³-hybridized carbons (Fsp3) is 0.414. The molecule has 0 unspecified atom stereocenters. The first-order valence-electron chi connectivity index (χ1n) is 27.2. The van der Waals surface area contributed by atoms with Gasteiger partial charge in [-0.25, -0.2) is 37.7 Å². The molecule has 26 heteroatoms. The molecule has 446 valence electrons. The van der Waals surface area contributed by atoms with Gasteiger partial charge in [0, 0.05) is 75.5 Å². The Labute approximate surface area is 486 Å². The molecular weight excluding hydrogens is 1120 g/mol. The van der Waals surface area contributed by atoms with E-state index in [2.05, 4.69) is 40.4 Å². The van der Waals surface area contributed by atoms with Gasteiger partial charge in [-0.3, -0.25) is 9.36 Å². The number of hydrogen-bond acceptors (Lipinski definition) is 17. The zero-order valence-corrected chi connectivity index (χ0v) is 48.0. The van der Waals surface area contributed by atoms with Crippen molar-refractivity contribution in [1.29, 1.82) is 0 Å². The van der Waals surface area contributed by atoms with E-state index in [0.717, 1.165) is 25.6 Å². The number of carbonyl (C=O) groups is 2. The number of aliphatic hydroxyl groups excluding tert-OH is 1. The molecule has 0 radical (unpaired) electrons. The van der Waals surface area contributed by atoms with Gasteiger partial charge in [-0.2, -0.15) is 19.6 Å². The maximum atomic E-state index is 14.6. The number of aliphatic hydroxyl groups is 1. The van der Waals surface area contributed by atoms with Crippen LogP contribution in [0.2, 0.25) is 5.15 Å². The van der Waals surface area contributed by atoms with Crippen LogP contribution in [0.5, 0.6) is 5.88 Å². The van der Waals surface area contributed by atoms with Gasteiger partial charge in [0.1, 0.15) is 64.2 Å². The number of ether oxygens (including phenoxy) is 4. The topological polar surface area (TPSA) is 237 Å². The van der Waals surface area contributed by atoms with Crippen molar-refractivity contribution < 1.29 is 60.3 Å². The van der Waals surface area contributed by atoms with Crippen LogP contribution >= 0.6 is 11.6 Å². The lowest BCUT2D eigenvalue weighted by molar-refractivity contribution is 0.00948. The normalized spacial score (nSPS) is 14.8. The number of hydrogen-bond donors (Lipinski definition) is 1. The number of carbonyl (C=O) groups excluding carboxylic acids is 2. The molecule has 2 amide bonds. The summed E-state index contributed by atoms with van der Waals surface area (Å²) in [7, 11) is 0. The minimum Gasteiger partial charge on any atom is -0.472 e. The molecule has 0 aliphatic carbocycles. The molecule has 0 atom stereocenters. The Balaban J connectivity index is 0.000000174. The summed E-state index contributed by atoms with van der Waals surface area (Å²) in [4.78, 5) is 43.3. The molecule has 21 nitrogen and oxygen atoms in total. The molecule has 3 aliphatic rings. The van der Waals surface area contributed by atoms with E-state index < -0.39 is 22.8 Å². The fourth-order valence-corrected chi connectivity index (χ4v) is 8.65. The summed E-state index contributed by atoms with van der Waals surface area (Å²) >= 11 is 5.72. The van der Waals surface area contributed by atoms with Gasteiger partial charge in [-0.15, -0.1) is 0 Å². The van der Waals surface area contributed by atoms with Crippen LogP contribution in [0, 0.1) is 23.3 Å². The molecule has 1 N–H and O–H groups in total. The van der Waals surface area contributed by atoms with E-state index in [-0.39, 0.29) is 71.8 Å². The van der Waals surface area contributed by atoms with Gasteiger partial charge in [0.25, 0.3) is 5.88 Å². The van der Waals surface area contributed by atoms with Crippen molar-refractivity contribution in [2.45, 2.75) is 117 Å². The number of halogens is 5. The van der Waals surface area contributed by atoms with E-state index in [1.807, 2.05) is 41.5 Å². The van der Waals surface area contributed by atoms with Gasteiger partial charge in [0.15, 0.2) is 22.6 Å². The first-order valence-corrected chi connectivity index (χ1v) is 27.6. The summed E-state index contributed by atoms with van der Waals surface area (Å²) in [6.45, 7) is 15.3. The third-order valence-corrected chi connectivity index (χ3v) is 13.0. The first kappa shape index (κ1) is 61.8. The molecule has 0 spiro atoms. The first-order chi connectivity index (χ1) is 40.2. The highest BCUT2D eigenvalue weighted by molar-refractivity contribution is 6.29. The van der Waals surface area contributed by atoms with Crippen LogP contribution in [0.25, 0.3) is 45.8 Å². The zero-order chi connectivity index (χ0) is 60.0. The van der Waals surface area contributed by atoms with Crippen molar-refractivity contribution in [3.05, 3.63) is 137 Å². The van der Waals surface area contributed by atoms with E-state index >= 15 is 0 Å². The SMILES string of the molecule is C1CCOC1.CC(C)(C)OC(=O)N1CCC(O)CC1.CC(C)(C)OC(=O)N1CCC(Oc2nc(-c3cc(-c4ccon4)n(Cc4ccccc4F)n3)ncc2F)CC1.Fc1ccccc1Cn1nc(-c2ncc(F)c(Cl)n2)cc1-c1ccon1. The van der Waals surface area contributed by atoms with Crippen LogP contribution in [-0.4, -0.2) is 140 Å². The predicted molar refractivity (Wildman–Crippen MR) is 298 cm³/mol. The number of piperidine rings is 2. The van der Waals surface area contributed by atoms with E-state index in [0.29, 0.717) is 97.2 Å². The maximum absolute atomic E-state index is 14.6. The molecule has 11 rings (SSSR count). The molecule has 0 bridgehead atoms. The number of rotatable bonds is 10. The highest BCUT2D eigenvalue weighted by atomic mass is 35.5. The van der Waals surface area contributed by atoms with Crippen LogP contribution in [0.15, 0.2) is 107 Å². The Bertz CT molecular complexity index is 3400. The Hall–Kier alpha value is -8.29. The Morgan fingerprint density at radius 1 is 0.619 bits per heavy atom. The summed E-state index contributed by atoms with van der Waals surface area (Å²) in [5, 5.41) is 25.8. The number of likely N-dealkylation sites (tertiary alicyclic amines) is 2. The second-order valence-corrected chi connectivity index (χ2v) is 21.9. The van der Waals surface area contributed by atoms with E-state index in [1.54, 1.807) is 79.8 Å². The molecular formula is C58H65ClF4N12O9. The largest absolute Gasteiger partial charge is 0.472 e. The summed E-state index contributed by atoms with van der Waals surface area (Å²) in [5.74, 6) is -2.08. The Kier molecular flexibility index (Phi) is 20.8. The number of benzene rings is 2. The molecule has 3 fully saturated rings. The van der Waals surface area contributed by atoms with Crippen molar-refractivity contribution in [3.63, 3.8) is 0 Å². The summed E-state index contributed by atoms with van der Waals surface area (Å²) < 4.78 is 90.8. The zero-order valence-electron chi connectivity index (χ0n) is 47.3. The lowest BCUT2D eigenvalue weighted by Gasteiger charge is -2.33. The summed E-state index contributed by atoms with van der Waals surface area (Å²) in [5.41, 5.74) is 2.65. The third-order valence-electron chi connectivity index (χ3n) is 12.7. The summed E-state index contributed by atoms with van der Waals surface area (Å²) in [6, 6.07) is 19.4. The van der Waals surface area contributed by atoms with Crippen molar-refractivity contribution in [2.75, 3.05) is 39.4 Å². The van der Waals surface area contributed by atoms with Crippen molar-refractivity contribution in [1.82, 2.24) is 59.6 Å². The highest BCUT2D eigenvalue weighted by Crippen LogP contribution is 2.30. The van der Waals surface area contributed by atoms with Gasteiger partial charge < -0.3 is 42.9 Å². The van der Waals surface area contributed by atoms with Gasteiger partial charge in [0.2, 0.25) is 5.82 Å². The molecule has 84 heavy (non-hydrogen) atoms. The van der Waals surface area contributed by atoms with Crippen LogP contribution < -0.4 is 4.74 Å². The summed E-state index contributed by atoms with van der Waals surface area (Å²) in [6.07, 6.45) is 8.42. The van der Waals surface area contributed by atoms with Crippen molar-refractivity contribution in [3.8, 4) is 51.7 Å². The quantitative estimate of drug-likeness (QED) is 0.0989. The molecule has 3 saturated heterocycles. The maximum Gasteiger partial charge on any atom is 0.410 e. The molecule has 3 aliphatic heterocycles. The molecule has 0 saturated carbocycles. The minimum absolute atomic E-state index is 0.121. The molecule has 9 heterocycles. The fourth-order valence-electron chi connectivity index (χ4n) is 8.52. The van der Waals surface area contributed by atoms with Crippen LogP contribution in [0.3, 0.4) is 0 Å². The average Bonchev–Trinajstić information content (AvgIpc) is 4.18. The van der Waals surface area contributed by atoms with Crippen molar-refractivity contribution in [2.24, 2.45) is 0 Å². The van der Waals surface area contributed by atoms with Gasteiger partial charge in [-0.1, -0.05) is 58.3 Å². The third kappa shape index (κ3) is 17.6. The average molecular weight is 1190 g/mol. The van der Waals surface area contributed by atoms with Crippen LogP contribution in [0.1, 0.15) is 91.2 Å².